The standard InChI is InChI=1S/C26H33N7O/c1-4-6-8-9-24-19(3)32(16-7-5-2)26(34)33(24)18-20-10-12-21(13-11-20)22-14-15-27-17-23(22)25-28-30-31-29-25/h10-15,17H,4-9,16,18H2,1-3H3,(H,28,29,30,31). The van der Waals surface area contributed by atoms with Crippen LogP contribution in [0.3, 0.4) is 0 Å². The molecule has 0 aliphatic heterocycles. The monoisotopic (exact) mass is 459 g/mol. The minimum Gasteiger partial charge on any atom is -0.296 e. The van der Waals surface area contributed by atoms with Gasteiger partial charge in [-0.2, -0.15) is 5.21 Å². The van der Waals surface area contributed by atoms with Crippen LogP contribution in [-0.4, -0.2) is 34.7 Å². The highest BCUT2D eigenvalue weighted by Crippen LogP contribution is 2.29. The molecule has 0 bridgehead atoms. The lowest BCUT2D eigenvalue weighted by Gasteiger charge is -2.10. The van der Waals surface area contributed by atoms with Gasteiger partial charge in [0.05, 0.1) is 6.54 Å². The maximum Gasteiger partial charge on any atom is 0.328 e. The topological polar surface area (TPSA) is 94.3 Å². The second-order valence-corrected chi connectivity index (χ2v) is 8.72. The van der Waals surface area contributed by atoms with Gasteiger partial charge in [-0.3, -0.25) is 14.1 Å². The van der Waals surface area contributed by atoms with Gasteiger partial charge in [0.15, 0.2) is 0 Å². The van der Waals surface area contributed by atoms with Crippen LogP contribution in [0.2, 0.25) is 0 Å². The molecule has 0 aliphatic carbocycles. The quantitative estimate of drug-likeness (QED) is 0.326. The molecule has 0 radical (unpaired) electrons. The molecule has 0 atom stereocenters. The summed E-state index contributed by atoms with van der Waals surface area (Å²) in [6.45, 7) is 7.83. The molecule has 0 spiro atoms. The van der Waals surface area contributed by atoms with Crippen molar-refractivity contribution in [2.75, 3.05) is 0 Å². The molecule has 0 aliphatic rings. The van der Waals surface area contributed by atoms with Gasteiger partial charge in [0.25, 0.3) is 0 Å². The Bertz CT molecular complexity index is 1250. The van der Waals surface area contributed by atoms with Gasteiger partial charge >= 0.3 is 5.69 Å². The number of benzene rings is 1. The molecule has 4 rings (SSSR count). The van der Waals surface area contributed by atoms with Crippen LogP contribution in [0.15, 0.2) is 47.5 Å². The molecule has 4 aromatic rings. The molecule has 0 saturated heterocycles. The van der Waals surface area contributed by atoms with E-state index in [1.807, 2.05) is 15.2 Å². The fraction of sp³-hybridized carbons (Fsp3) is 0.423. The van der Waals surface area contributed by atoms with Crippen LogP contribution in [0.1, 0.15) is 62.9 Å². The van der Waals surface area contributed by atoms with Crippen molar-refractivity contribution in [1.29, 1.82) is 0 Å². The summed E-state index contributed by atoms with van der Waals surface area (Å²) in [5.74, 6) is 0.513. The summed E-state index contributed by atoms with van der Waals surface area (Å²) in [4.78, 5) is 17.5. The first-order chi connectivity index (χ1) is 16.6. The van der Waals surface area contributed by atoms with E-state index >= 15 is 0 Å². The fourth-order valence-electron chi connectivity index (χ4n) is 4.43. The Labute approximate surface area is 200 Å². The number of aromatic nitrogens is 7. The average molecular weight is 460 g/mol. The van der Waals surface area contributed by atoms with E-state index in [2.05, 4.69) is 70.6 Å². The third-order valence-corrected chi connectivity index (χ3v) is 6.38. The number of imidazole rings is 1. The molecule has 8 heteroatoms. The first-order valence-corrected chi connectivity index (χ1v) is 12.2. The lowest BCUT2D eigenvalue weighted by Crippen LogP contribution is -2.26. The predicted molar refractivity (Wildman–Crippen MR) is 134 cm³/mol. The minimum absolute atomic E-state index is 0.107. The maximum atomic E-state index is 13.3. The van der Waals surface area contributed by atoms with Gasteiger partial charge in [-0.1, -0.05) is 57.4 Å². The van der Waals surface area contributed by atoms with Crippen molar-refractivity contribution in [2.45, 2.75) is 72.4 Å². The summed E-state index contributed by atoms with van der Waals surface area (Å²) in [5, 5.41) is 14.4. The summed E-state index contributed by atoms with van der Waals surface area (Å²) in [5.41, 5.74) is 6.35. The molecule has 1 N–H and O–H groups in total. The van der Waals surface area contributed by atoms with Crippen molar-refractivity contribution in [1.82, 2.24) is 34.7 Å². The Hall–Kier alpha value is -3.55. The zero-order valence-corrected chi connectivity index (χ0v) is 20.3. The average Bonchev–Trinajstić information content (AvgIpc) is 3.47. The van der Waals surface area contributed by atoms with Gasteiger partial charge in [-0.15, -0.1) is 10.2 Å². The molecule has 8 nitrogen and oxygen atoms in total. The number of pyridine rings is 1. The Balaban J connectivity index is 1.62. The van der Waals surface area contributed by atoms with Crippen LogP contribution >= 0.6 is 0 Å². The SMILES string of the molecule is CCCCCc1c(C)n(CCCC)c(=O)n1Cc1ccc(-c2ccncc2-c2nn[nH]n2)cc1. The molecule has 3 aromatic heterocycles. The van der Waals surface area contributed by atoms with E-state index in [1.54, 1.807) is 12.4 Å². The van der Waals surface area contributed by atoms with Crippen LogP contribution in [0.4, 0.5) is 0 Å². The van der Waals surface area contributed by atoms with Crippen molar-refractivity contribution in [3.63, 3.8) is 0 Å². The van der Waals surface area contributed by atoms with Crippen molar-refractivity contribution in [3.8, 4) is 22.5 Å². The number of hydrogen-bond donors (Lipinski definition) is 1. The number of nitrogens with zero attached hydrogens (tertiary/aromatic N) is 6. The summed E-state index contributed by atoms with van der Waals surface area (Å²) in [7, 11) is 0. The second kappa shape index (κ2) is 11.0. The normalized spacial score (nSPS) is 11.3. The van der Waals surface area contributed by atoms with E-state index in [1.165, 1.54) is 18.5 Å². The lowest BCUT2D eigenvalue weighted by atomic mass is 10.00. The lowest BCUT2D eigenvalue weighted by molar-refractivity contribution is 0.584. The molecule has 0 fully saturated rings. The third kappa shape index (κ3) is 5.00. The number of aromatic amines is 1. The van der Waals surface area contributed by atoms with Crippen molar-refractivity contribution < 1.29 is 0 Å². The predicted octanol–water partition coefficient (Wildman–Crippen LogP) is 4.78. The molecule has 0 saturated carbocycles. The van der Waals surface area contributed by atoms with Gasteiger partial charge in [0, 0.05) is 35.9 Å². The zero-order valence-electron chi connectivity index (χ0n) is 20.3. The molecule has 34 heavy (non-hydrogen) atoms. The highest BCUT2D eigenvalue weighted by atomic mass is 16.1. The second-order valence-electron chi connectivity index (χ2n) is 8.72. The van der Waals surface area contributed by atoms with E-state index in [9.17, 15) is 4.79 Å². The van der Waals surface area contributed by atoms with Crippen LogP contribution in [0, 0.1) is 6.92 Å². The first kappa shape index (κ1) is 23.6. The van der Waals surface area contributed by atoms with Gasteiger partial charge in [-0.25, -0.2) is 4.79 Å². The van der Waals surface area contributed by atoms with Gasteiger partial charge in [-0.05, 0) is 54.2 Å². The Morgan fingerprint density at radius 2 is 1.74 bits per heavy atom. The number of unbranched alkanes of at least 4 members (excludes halogenated alkanes) is 3. The summed E-state index contributed by atoms with van der Waals surface area (Å²) < 4.78 is 3.94. The number of H-pyrrole nitrogens is 1. The van der Waals surface area contributed by atoms with E-state index in [0.717, 1.165) is 60.2 Å². The molecule has 0 unspecified atom stereocenters. The molecule has 0 amide bonds. The van der Waals surface area contributed by atoms with Crippen molar-refractivity contribution in [2.24, 2.45) is 0 Å². The van der Waals surface area contributed by atoms with Gasteiger partial charge in [0.2, 0.25) is 5.82 Å². The zero-order chi connectivity index (χ0) is 23.9. The Morgan fingerprint density at radius 1 is 0.941 bits per heavy atom. The largest absolute Gasteiger partial charge is 0.328 e. The van der Waals surface area contributed by atoms with Crippen molar-refractivity contribution >= 4 is 0 Å². The van der Waals surface area contributed by atoms with Crippen LogP contribution < -0.4 is 5.69 Å². The highest BCUT2D eigenvalue weighted by molar-refractivity contribution is 5.79. The Kier molecular flexibility index (Phi) is 7.67. The molecule has 1 aromatic carbocycles. The van der Waals surface area contributed by atoms with Crippen LogP contribution in [0.25, 0.3) is 22.5 Å². The summed E-state index contributed by atoms with van der Waals surface area (Å²) in [6, 6.07) is 10.3. The maximum absolute atomic E-state index is 13.3. The van der Waals surface area contributed by atoms with Crippen LogP contribution in [-0.2, 0) is 19.5 Å². The highest BCUT2D eigenvalue weighted by Gasteiger charge is 2.17. The number of nitrogens with one attached hydrogen (secondary N) is 1. The number of rotatable bonds is 11. The molecular weight excluding hydrogens is 426 g/mol. The minimum atomic E-state index is 0.107. The number of hydrogen-bond acceptors (Lipinski definition) is 5. The Morgan fingerprint density at radius 3 is 2.44 bits per heavy atom. The van der Waals surface area contributed by atoms with Crippen molar-refractivity contribution in [3.05, 3.63) is 70.2 Å². The molecular formula is C26H33N7O. The van der Waals surface area contributed by atoms with Gasteiger partial charge < -0.3 is 0 Å². The third-order valence-electron chi connectivity index (χ3n) is 6.38. The summed E-state index contributed by atoms with van der Waals surface area (Å²) >= 11 is 0. The van der Waals surface area contributed by atoms with Gasteiger partial charge in [0.1, 0.15) is 0 Å². The fourth-order valence-corrected chi connectivity index (χ4v) is 4.43. The smallest absolute Gasteiger partial charge is 0.296 e. The van der Waals surface area contributed by atoms with Crippen LogP contribution in [0.5, 0.6) is 0 Å². The van der Waals surface area contributed by atoms with E-state index in [4.69, 9.17) is 0 Å². The van der Waals surface area contributed by atoms with E-state index in [-0.39, 0.29) is 5.69 Å². The molecule has 178 valence electrons. The number of tetrazole rings is 1. The first-order valence-electron chi connectivity index (χ1n) is 12.2. The van der Waals surface area contributed by atoms with E-state index < -0.39 is 0 Å². The van der Waals surface area contributed by atoms with E-state index in [0.29, 0.717) is 12.4 Å². The summed E-state index contributed by atoms with van der Waals surface area (Å²) in [6.07, 6.45) is 9.99. The molecule has 3 heterocycles.